The predicted molar refractivity (Wildman–Crippen MR) is 111 cm³/mol. The van der Waals surface area contributed by atoms with Gasteiger partial charge in [-0.25, -0.2) is 10.4 Å². The van der Waals surface area contributed by atoms with E-state index in [-0.39, 0.29) is 12.5 Å². The van der Waals surface area contributed by atoms with Gasteiger partial charge in [0.15, 0.2) is 0 Å². The SMILES string of the molecule is O=C(Cn1c(Cc2cccs2)nc2cc(Cl)c(Cl)cc21)NN=Cc1ccco1. The lowest BCUT2D eigenvalue weighted by molar-refractivity contribution is -0.121. The third kappa shape index (κ3) is 4.11. The minimum Gasteiger partial charge on any atom is -0.463 e. The standard InChI is InChI=1S/C19H14Cl2N4O2S/c20-14-8-16-17(9-15(14)21)25(18(23-16)7-13-4-2-6-28-13)11-19(26)24-22-10-12-3-1-5-27-12/h1-6,8-10H,7,11H2,(H,24,26). The van der Waals surface area contributed by atoms with Crippen LogP contribution in [-0.4, -0.2) is 21.7 Å². The summed E-state index contributed by atoms with van der Waals surface area (Å²) < 4.78 is 6.97. The largest absolute Gasteiger partial charge is 0.463 e. The van der Waals surface area contributed by atoms with Crippen LogP contribution in [0, 0.1) is 0 Å². The van der Waals surface area contributed by atoms with Crippen molar-refractivity contribution >= 4 is 57.7 Å². The molecule has 0 aliphatic carbocycles. The summed E-state index contributed by atoms with van der Waals surface area (Å²) in [4.78, 5) is 18.2. The molecular weight excluding hydrogens is 419 g/mol. The maximum Gasteiger partial charge on any atom is 0.260 e. The number of fused-ring (bicyclic) bond motifs is 1. The lowest BCUT2D eigenvalue weighted by atomic mass is 10.3. The number of nitrogens with one attached hydrogen (secondary N) is 1. The molecule has 6 nitrogen and oxygen atoms in total. The Morgan fingerprint density at radius 2 is 2.14 bits per heavy atom. The van der Waals surface area contributed by atoms with Crippen molar-refractivity contribution in [1.82, 2.24) is 15.0 Å². The first-order chi connectivity index (χ1) is 13.6. The number of halogens is 2. The highest BCUT2D eigenvalue weighted by Gasteiger charge is 2.16. The molecule has 0 saturated carbocycles. The Balaban J connectivity index is 1.61. The van der Waals surface area contributed by atoms with Crippen LogP contribution in [0.5, 0.6) is 0 Å². The highest BCUT2D eigenvalue weighted by atomic mass is 35.5. The van der Waals surface area contributed by atoms with Crippen LogP contribution in [0.15, 0.2) is 57.6 Å². The van der Waals surface area contributed by atoms with Crippen LogP contribution < -0.4 is 5.43 Å². The van der Waals surface area contributed by atoms with E-state index in [9.17, 15) is 4.79 Å². The molecule has 4 rings (SSSR count). The fraction of sp³-hybridized carbons (Fsp3) is 0.105. The number of amides is 1. The number of hydrazone groups is 1. The summed E-state index contributed by atoms with van der Waals surface area (Å²) in [5.74, 6) is 1.01. The zero-order valence-electron chi connectivity index (χ0n) is 14.4. The van der Waals surface area contributed by atoms with Crippen molar-refractivity contribution in [3.63, 3.8) is 0 Å². The molecule has 0 unspecified atom stereocenters. The van der Waals surface area contributed by atoms with Gasteiger partial charge in [0.25, 0.3) is 5.91 Å². The van der Waals surface area contributed by atoms with Crippen molar-refractivity contribution in [3.8, 4) is 0 Å². The molecule has 28 heavy (non-hydrogen) atoms. The van der Waals surface area contributed by atoms with Crippen molar-refractivity contribution in [2.45, 2.75) is 13.0 Å². The highest BCUT2D eigenvalue weighted by Crippen LogP contribution is 2.29. The third-order valence-corrected chi connectivity index (χ3v) is 5.61. The van der Waals surface area contributed by atoms with E-state index < -0.39 is 0 Å². The normalized spacial score (nSPS) is 11.5. The summed E-state index contributed by atoms with van der Waals surface area (Å²) in [7, 11) is 0. The Kier molecular flexibility index (Phi) is 5.47. The predicted octanol–water partition coefficient (Wildman–Crippen LogP) is 4.74. The van der Waals surface area contributed by atoms with Gasteiger partial charge in [0.1, 0.15) is 18.1 Å². The van der Waals surface area contributed by atoms with E-state index in [4.69, 9.17) is 27.6 Å². The maximum absolute atomic E-state index is 12.4. The molecule has 0 bridgehead atoms. The van der Waals surface area contributed by atoms with E-state index in [0.717, 1.165) is 16.2 Å². The molecule has 1 aromatic carbocycles. The van der Waals surface area contributed by atoms with Gasteiger partial charge in [0, 0.05) is 11.3 Å². The summed E-state index contributed by atoms with van der Waals surface area (Å²) in [6.07, 6.45) is 3.57. The molecular formula is C19H14Cl2N4O2S. The van der Waals surface area contributed by atoms with Gasteiger partial charge < -0.3 is 8.98 Å². The van der Waals surface area contributed by atoms with Crippen molar-refractivity contribution in [1.29, 1.82) is 0 Å². The number of aromatic nitrogens is 2. The number of furan rings is 1. The molecule has 0 aliphatic rings. The minimum atomic E-state index is -0.291. The van der Waals surface area contributed by atoms with Crippen molar-refractivity contribution in [2.24, 2.45) is 5.10 Å². The number of imidazole rings is 1. The van der Waals surface area contributed by atoms with Crippen molar-refractivity contribution in [2.75, 3.05) is 0 Å². The number of hydrogen-bond acceptors (Lipinski definition) is 5. The van der Waals surface area contributed by atoms with Crippen LogP contribution in [0.4, 0.5) is 0 Å². The number of nitrogens with zero attached hydrogens (tertiary/aromatic N) is 3. The molecule has 142 valence electrons. The number of carbonyl (C=O) groups excluding carboxylic acids is 1. The quantitative estimate of drug-likeness (QED) is 0.353. The van der Waals surface area contributed by atoms with Crippen LogP contribution in [0.1, 0.15) is 16.5 Å². The summed E-state index contributed by atoms with van der Waals surface area (Å²) >= 11 is 13.9. The second-order valence-electron chi connectivity index (χ2n) is 5.93. The lowest BCUT2D eigenvalue weighted by Gasteiger charge is -2.08. The smallest absolute Gasteiger partial charge is 0.260 e. The Bertz CT molecular complexity index is 1130. The maximum atomic E-state index is 12.4. The van der Waals surface area contributed by atoms with E-state index in [2.05, 4.69) is 15.5 Å². The Morgan fingerprint density at radius 3 is 2.89 bits per heavy atom. The second-order valence-corrected chi connectivity index (χ2v) is 7.78. The van der Waals surface area contributed by atoms with Crippen LogP contribution in [-0.2, 0) is 17.8 Å². The summed E-state index contributed by atoms with van der Waals surface area (Å²) in [5.41, 5.74) is 3.93. The molecule has 0 saturated heterocycles. The minimum absolute atomic E-state index is 0.0463. The monoisotopic (exact) mass is 432 g/mol. The Labute approximate surface area is 174 Å². The van der Waals surface area contributed by atoms with E-state index in [1.165, 1.54) is 12.5 Å². The molecule has 0 aliphatic heterocycles. The summed E-state index contributed by atoms with van der Waals surface area (Å²) in [6, 6.07) is 10.9. The number of thiophene rings is 1. The van der Waals surface area contributed by atoms with E-state index in [0.29, 0.717) is 27.7 Å². The Hall–Kier alpha value is -2.61. The molecule has 3 aromatic heterocycles. The molecule has 9 heteroatoms. The zero-order valence-corrected chi connectivity index (χ0v) is 16.8. The molecule has 3 heterocycles. The molecule has 1 amide bonds. The number of carbonyl (C=O) groups is 1. The fourth-order valence-electron chi connectivity index (χ4n) is 2.76. The first kappa shape index (κ1) is 18.7. The fourth-order valence-corrected chi connectivity index (χ4v) is 3.78. The van der Waals surface area contributed by atoms with Gasteiger partial charge in [0.2, 0.25) is 0 Å². The van der Waals surface area contributed by atoms with Gasteiger partial charge in [0.05, 0.1) is 33.6 Å². The molecule has 4 aromatic rings. The van der Waals surface area contributed by atoms with Crippen LogP contribution >= 0.6 is 34.5 Å². The van der Waals surface area contributed by atoms with Crippen molar-refractivity contribution in [3.05, 3.63) is 74.5 Å². The average Bonchev–Trinajstić information content (AvgIpc) is 3.40. The summed E-state index contributed by atoms with van der Waals surface area (Å²) in [6.45, 7) is 0.0463. The van der Waals surface area contributed by atoms with E-state index in [1.807, 2.05) is 22.1 Å². The molecule has 0 spiro atoms. The van der Waals surface area contributed by atoms with Gasteiger partial charge >= 0.3 is 0 Å². The molecule has 1 N–H and O–H groups in total. The topological polar surface area (TPSA) is 72.4 Å². The third-order valence-electron chi connectivity index (χ3n) is 4.01. The Morgan fingerprint density at radius 1 is 1.29 bits per heavy atom. The second kappa shape index (κ2) is 8.18. The molecule has 0 atom stereocenters. The molecule has 0 radical (unpaired) electrons. The van der Waals surface area contributed by atoms with Gasteiger partial charge in [-0.2, -0.15) is 5.10 Å². The number of rotatable bonds is 6. The average molecular weight is 433 g/mol. The lowest BCUT2D eigenvalue weighted by Crippen LogP contribution is -2.24. The van der Waals surface area contributed by atoms with Gasteiger partial charge in [-0.3, -0.25) is 4.79 Å². The van der Waals surface area contributed by atoms with E-state index in [1.54, 1.807) is 35.6 Å². The molecule has 0 fully saturated rings. The number of hydrogen-bond donors (Lipinski definition) is 1. The van der Waals surface area contributed by atoms with Crippen LogP contribution in [0.3, 0.4) is 0 Å². The highest BCUT2D eigenvalue weighted by molar-refractivity contribution is 7.09. The summed E-state index contributed by atoms with van der Waals surface area (Å²) in [5, 5.41) is 6.76. The van der Waals surface area contributed by atoms with Gasteiger partial charge in [-0.1, -0.05) is 29.3 Å². The zero-order chi connectivity index (χ0) is 19.5. The van der Waals surface area contributed by atoms with Crippen LogP contribution in [0.2, 0.25) is 10.0 Å². The first-order valence-corrected chi connectivity index (χ1v) is 9.95. The number of benzene rings is 1. The van der Waals surface area contributed by atoms with Crippen molar-refractivity contribution < 1.29 is 9.21 Å². The van der Waals surface area contributed by atoms with Crippen LogP contribution in [0.25, 0.3) is 11.0 Å². The van der Waals surface area contributed by atoms with E-state index >= 15 is 0 Å². The first-order valence-electron chi connectivity index (χ1n) is 8.32. The van der Waals surface area contributed by atoms with Gasteiger partial charge in [-0.05, 0) is 35.7 Å². The van der Waals surface area contributed by atoms with Gasteiger partial charge in [-0.15, -0.1) is 11.3 Å².